The van der Waals surface area contributed by atoms with Gasteiger partial charge in [-0.3, -0.25) is 18.2 Å². The fourth-order valence-electron chi connectivity index (χ4n) is 4.25. The molecule has 7 atom stereocenters. The average Bonchev–Trinajstić information content (AvgIpc) is 3.53. The largest absolute Gasteiger partial charge is 0.472 e. The number of rotatable bonds is 8. The van der Waals surface area contributed by atoms with Crippen LogP contribution in [0.15, 0.2) is 29.6 Å². The Labute approximate surface area is 208 Å². The second-order valence-corrected chi connectivity index (χ2v) is 9.93. The number of fused-ring (bicyclic) bond motifs is 1. The van der Waals surface area contributed by atoms with Gasteiger partial charge in [0.2, 0.25) is 5.95 Å². The molecule has 2 saturated heterocycles. The van der Waals surface area contributed by atoms with Gasteiger partial charge in [0.05, 0.1) is 31.8 Å². The summed E-state index contributed by atoms with van der Waals surface area (Å²) in [5, 5.41) is 20.1. The van der Waals surface area contributed by atoms with Gasteiger partial charge in [-0.1, -0.05) is 0 Å². The quantitative estimate of drug-likeness (QED) is 0.208. The van der Waals surface area contributed by atoms with Gasteiger partial charge in [0, 0.05) is 19.0 Å². The summed E-state index contributed by atoms with van der Waals surface area (Å²) in [5.74, 6) is 0.0686. The molecule has 0 aliphatic carbocycles. The third-order valence-corrected chi connectivity index (χ3v) is 7.05. The van der Waals surface area contributed by atoms with E-state index in [1.165, 1.54) is 24.8 Å². The first-order valence-corrected chi connectivity index (χ1v) is 12.7. The highest BCUT2D eigenvalue weighted by molar-refractivity contribution is 7.47. The number of hydrogen-bond donors (Lipinski definition) is 5. The first-order valence-electron chi connectivity index (χ1n) is 11.2. The Morgan fingerprint density at radius 3 is 2.65 bits per heavy atom. The molecule has 200 valence electrons. The van der Waals surface area contributed by atoms with E-state index in [4.69, 9.17) is 30.0 Å². The average molecular weight is 540 g/mol. The fraction of sp³-hybridized carbons (Fsp3) is 0.526. The van der Waals surface area contributed by atoms with E-state index in [1.807, 2.05) is 0 Å². The zero-order valence-corrected chi connectivity index (χ0v) is 20.1. The van der Waals surface area contributed by atoms with Crippen molar-refractivity contribution in [3.63, 3.8) is 0 Å². The van der Waals surface area contributed by atoms with Gasteiger partial charge in [0.15, 0.2) is 5.65 Å². The number of nitrogen functional groups attached to an aromatic ring is 2. The van der Waals surface area contributed by atoms with E-state index in [2.05, 4.69) is 19.9 Å². The van der Waals surface area contributed by atoms with Gasteiger partial charge in [-0.25, -0.2) is 19.3 Å². The number of anilines is 2. The summed E-state index contributed by atoms with van der Waals surface area (Å²) in [6.07, 6.45) is -1.33. The van der Waals surface area contributed by atoms with Crippen LogP contribution in [0.2, 0.25) is 0 Å². The third-order valence-electron chi connectivity index (χ3n) is 6.04. The van der Waals surface area contributed by atoms with Crippen LogP contribution in [0.5, 0.6) is 0 Å². The Morgan fingerprint density at radius 1 is 1.14 bits per heavy atom. The van der Waals surface area contributed by atoms with Crippen molar-refractivity contribution < 1.29 is 38.2 Å². The lowest BCUT2D eigenvalue weighted by Gasteiger charge is -2.21. The van der Waals surface area contributed by atoms with E-state index < -0.39 is 63.6 Å². The van der Waals surface area contributed by atoms with Gasteiger partial charge in [-0.05, 0) is 6.07 Å². The first kappa shape index (κ1) is 25.6. The number of nitrogens with two attached hydrogens (primary N) is 2. The molecule has 3 aromatic rings. The molecule has 2 fully saturated rings. The van der Waals surface area contributed by atoms with Crippen LogP contribution in [0.25, 0.3) is 11.2 Å². The lowest BCUT2D eigenvalue weighted by molar-refractivity contribution is -0.0566. The predicted octanol–water partition coefficient (Wildman–Crippen LogP) is -1.32. The van der Waals surface area contributed by atoms with Crippen LogP contribution in [0.4, 0.5) is 11.8 Å². The molecule has 2 aliphatic heterocycles. The number of aliphatic hydroxyl groups excluding tert-OH is 2. The monoisotopic (exact) mass is 540 g/mol. The van der Waals surface area contributed by atoms with Crippen LogP contribution in [0, 0.1) is 0 Å². The third kappa shape index (κ3) is 5.34. The van der Waals surface area contributed by atoms with Crippen LogP contribution < -0.4 is 17.2 Å². The Hall–Kier alpha value is -3.02. The molecule has 5 heterocycles. The minimum Gasteiger partial charge on any atom is -0.394 e. The van der Waals surface area contributed by atoms with E-state index in [0.717, 1.165) is 4.57 Å². The van der Waals surface area contributed by atoms with Crippen LogP contribution in [-0.4, -0.2) is 81.8 Å². The zero-order valence-electron chi connectivity index (χ0n) is 19.2. The number of nitrogens with zero attached hydrogens (tertiary/aromatic N) is 6. The van der Waals surface area contributed by atoms with Gasteiger partial charge in [-0.2, -0.15) is 9.97 Å². The highest BCUT2D eigenvalue weighted by Gasteiger charge is 2.43. The molecule has 0 radical (unpaired) electrons. The topological polar surface area (TPSA) is 245 Å². The molecular formula is C19H25N8O9P. The highest BCUT2D eigenvalue weighted by Crippen LogP contribution is 2.49. The molecule has 2 aliphatic rings. The maximum atomic E-state index is 12.7. The molecule has 18 heteroatoms. The molecule has 0 aromatic carbocycles. The maximum Gasteiger partial charge on any atom is 0.472 e. The van der Waals surface area contributed by atoms with Crippen molar-refractivity contribution in [1.82, 2.24) is 29.1 Å². The SMILES string of the molecule is Nc1ccn([C@H]2C[C@H](O)[C@@H](COP(=O)(O)O[C@H]3C[C@H](n4cnc5cnc(N)nc54)O[C@@H]3CO)O2)c(=O)n1. The number of aromatic nitrogens is 6. The molecule has 7 N–H and O–H groups in total. The van der Waals surface area contributed by atoms with Crippen molar-refractivity contribution in [1.29, 1.82) is 0 Å². The van der Waals surface area contributed by atoms with Gasteiger partial charge in [0.1, 0.15) is 42.1 Å². The molecule has 5 rings (SSSR count). The number of imidazole rings is 1. The fourth-order valence-corrected chi connectivity index (χ4v) is 5.21. The summed E-state index contributed by atoms with van der Waals surface area (Å²) >= 11 is 0. The Balaban J connectivity index is 1.21. The standard InChI is InChI=1S/C19H25N8O9P/c20-14-1-2-26(19(30)24-14)15-3-10(29)13(35-15)7-33-37(31,32)36-11-4-16(34-12(11)6-28)27-8-23-9-5-22-18(21)25-17(9)27/h1-2,5,8,10-13,15-16,28-29H,3-4,6-7H2,(H,31,32)(H2,20,24,30)(H2,21,22,25)/t10-,11-,12+,13+,15+,16+/m0/s1. The van der Waals surface area contributed by atoms with E-state index in [-0.39, 0.29) is 24.6 Å². The normalized spacial score (nSPS) is 29.6. The molecule has 37 heavy (non-hydrogen) atoms. The Morgan fingerprint density at radius 2 is 1.89 bits per heavy atom. The minimum atomic E-state index is -4.69. The molecule has 1 unspecified atom stereocenters. The lowest BCUT2D eigenvalue weighted by atomic mass is 10.2. The van der Waals surface area contributed by atoms with Crippen molar-refractivity contribution in [2.45, 2.75) is 49.7 Å². The molecular weight excluding hydrogens is 515 g/mol. The summed E-state index contributed by atoms with van der Waals surface area (Å²) in [6, 6.07) is 1.40. The van der Waals surface area contributed by atoms with Crippen LogP contribution in [0.1, 0.15) is 25.3 Å². The lowest BCUT2D eigenvalue weighted by Crippen LogP contribution is -2.29. The zero-order chi connectivity index (χ0) is 26.3. The summed E-state index contributed by atoms with van der Waals surface area (Å²) in [4.78, 5) is 38.1. The molecule has 0 bridgehead atoms. The number of hydrogen-bond acceptors (Lipinski definition) is 14. The molecule has 0 saturated carbocycles. The van der Waals surface area contributed by atoms with Crippen molar-refractivity contribution in [3.05, 3.63) is 35.3 Å². The number of phosphoric ester groups is 1. The van der Waals surface area contributed by atoms with Crippen LogP contribution in [0.3, 0.4) is 0 Å². The Bertz CT molecular complexity index is 1390. The number of ether oxygens (including phenoxy) is 2. The second-order valence-electron chi connectivity index (χ2n) is 8.52. The number of phosphoric acid groups is 1. The summed E-state index contributed by atoms with van der Waals surface area (Å²) in [7, 11) is -4.69. The van der Waals surface area contributed by atoms with Gasteiger partial charge in [-0.15, -0.1) is 0 Å². The minimum absolute atomic E-state index is 0.0216. The van der Waals surface area contributed by atoms with Crippen LogP contribution >= 0.6 is 7.82 Å². The van der Waals surface area contributed by atoms with Gasteiger partial charge in [0.25, 0.3) is 0 Å². The van der Waals surface area contributed by atoms with E-state index in [0.29, 0.717) is 11.2 Å². The van der Waals surface area contributed by atoms with Crippen molar-refractivity contribution in [2.24, 2.45) is 0 Å². The van der Waals surface area contributed by atoms with E-state index >= 15 is 0 Å². The predicted molar refractivity (Wildman–Crippen MR) is 123 cm³/mol. The molecule has 17 nitrogen and oxygen atoms in total. The first-order chi connectivity index (χ1) is 17.6. The van der Waals surface area contributed by atoms with E-state index in [1.54, 1.807) is 4.57 Å². The second kappa shape index (κ2) is 10.0. The molecule has 0 spiro atoms. The Kier molecular flexibility index (Phi) is 6.95. The van der Waals surface area contributed by atoms with Crippen molar-refractivity contribution in [2.75, 3.05) is 24.7 Å². The van der Waals surface area contributed by atoms with Gasteiger partial charge < -0.3 is 36.0 Å². The molecule has 3 aromatic heterocycles. The molecule has 0 amide bonds. The summed E-state index contributed by atoms with van der Waals surface area (Å²) < 4.78 is 37.2. The van der Waals surface area contributed by atoms with Crippen molar-refractivity contribution in [3.8, 4) is 0 Å². The summed E-state index contributed by atoms with van der Waals surface area (Å²) in [5.41, 5.74) is 11.3. The highest BCUT2D eigenvalue weighted by atomic mass is 31.2. The maximum absolute atomic E-state index is 12.7. The van der Waals surface area contributed by atoms with Crippen LogP contribution in [-0.2, 0) is 23.1 Å². The van der Waals surface area contributed by atoms with Gasteiger partial charge >= 0.3 is 13.5 Å². The smallest absolute Gasteiger partial charge is 0.394 e. The van der Waals surface area contributed by atoms with E-state index in [9.17, 15) is 24.5 Å². The number of aliphatic hydroxyl groups is 2. The summed E-state index contributed by atoms with van der Waals surface area (Å²) in [6.45, 7) is -1.01. The van der Waals surface area contributed by atoms with Crippen molar-refractivity contribution >= 4 is 30.8 Å².